The van der Waals surface area contributed by atoms with Crippen LogP contribution in [0.2, 0.25) is 0 Å². The van der Waals surface area contributed by atoms with Crippen LogP contribution in [0.5, 0.6) is 5.75 Å². The largest absolute Gasteiger partial charge is 0.489 e. The van der Waals surface area contributed by atoms with Gasteiger partial charge in [-0.15, -0.1) is 12.4 Å². The molecule has 1 aromatic carbocycles. The highest BCUT2D eigenvalue weighted by molar-refractivity contribution is 5.85. The number of carbonyl (C=O) groups is 1. The standard InChI is InChI=1S/C15H21NO3.ClH/c1-3-4-11-5-7-12(8-6-11)19-13-9-14(16-10-13)15(17)18-2;/h5-8,13-14,16H,3-4,9-10H2,1-2H3;1H/t13-,14+;/m1./s1. The number of halogens is 1. The molecule has 112 valence electrons. The zero-order chi connectivity index (χ0) is 13.7. The van der Waals surface area contributed by atoms with Crippen LogP contribution in [0, 0.1) is 0 Å². The summed E-state index contributed by atoms with van der Waals surface area (Å²) in [5.41, 5.74) is 1.33. The third kappa shape index (κ3) is 4.39. The first kappa shape index (κ1) is 16.8. The van der Waals surface area contributed by atoms with E-state index >= 15 is 0 Å². The van der Waals surface area contributed by atoms with Crippen LogP contribution in [0.1, 0.15) is 25.3 Å². The first-order chi connectivity index (χ1) is 9.22. The predicted octanol–water partition coefficient (Wildman–Crippen LogP) is 2.34. The summed E-state index contributed by atoms with van der Waals surface area (Å²) in [6.45, 7) is 2.85. The van der Waals surface area contributed by atoms with Crippen LogP contribution in [0.15, 0.2) is 24.3 Å². The number of nitrogens with one attached hydrogen (secondary N) is 1. The minimum absolute atomic E-state index is 0. The second kappa shape index (κ2) is 8.12. The van der Waals surface area contributed by atoms with Crippen molar-refractivity contribution >= 4 is 18.4 Å². The van der Waals surface area contributed by atoms with Gasteiger partial charge in [-0.3, -0.25) is 4.79 Å². The summed E-state index contributed by atoms with van der Waals surface area (Å²) in [4.78, 5) is 11.4. The van der Waals surface area contributed by atoms with E-state index < -0.39 is 0 Å². The summed E-state index contributed by atoms with van der Waals surface area (Å²) in [7, 11) is 1.41. The minimum Gasteiger partial charge on any atom is -0.489 e. The van der Waals surface area contributed by atoms with E-state index in [9.17, 15) is 4.79 Å². The fourth-order valence-corrected chi connectivity index (χ4v) is 2.33. The molecule has 1 aliphatic rings. The lowest BCUT2D eigenvalue weighted by Gasteiger charge is -2.13. The molecule has 1 fully saturated rings. The van der Waals surface area contributed by atoms with Crippen LogP contribution in [-0.4, -0.2) is 31.8 Å². The van der Waals surface area contributed by atoms with E-state index in [4.69, 9.17) is 9.47 Å². The van der Waals surface area contributed by atoms with Gasteiger partial charge in [0, 0.05) is 13.0 Å². The van der Waals surface area contributed by atoms with Crippen LogP contribution >= 0.6 is 12.4 Å². The van der Waals surface area contributed by atoms with E-state index in [0.29, 0.717) is 13.0 Å². The van der Waals surface area contributed by atoms with E-state index in [1.54, 1.807) is 0 Å². The van der Waals surface area contributed by atoms with Gasteiger partial charge >= 0.3 is 5.97 Å². The molecular formula is C15H22ClNO3. The molecule has 1 saturated heterocycles. The zero-order valence-electron chi connectivity index (χ0n) is 11.9. The van der Waals surface area contributed by atoms with E-state index in [1.807, 2.05) is 12.1 Å². The first-order valence-corrected chi connectivity index (χ1v) is 6.79. The van der Waals surface area contributed by atoms with Gasteiger partial charge in [-0.05, 0) is 24.1 Å². The molecule has 0 radical (unpaired) electrons. The van der Waals surface area contributed by atoms with Crippen molar-refractivity contribution in [2.45, 2.75) is 38.3 Å². The van der Waals surface area contributed by atoms with Gasteiger partial charge in [0.2, 0.25) is 0 Å². The molecule has 0 saturated carbocycles. The number of hydrogen-bond donors (Lipinski definition) is 1. The highest BCUT2D eigenvalue weighted by atomic mass is 35.5. The molecule has 0 bridgehead atoms. The Labute approximate surface area is 126 Å². The maximum absolute atomic E-state index is 11.4. The van der Waals surface area contributed by atoms with Crippen molar-refractivity contribution in [1.29, 1.82) is 0 Å². The lowest BCUT2D eigenvalue weighted by molar-refractivity contribution is -0.142. The zero-order valence-corrected chi connectivity index (χ0v) is 12.7. The van der Waals surface area contributed by atoms with Gasteiger partial charge in [-0.25, -0.2) is 0 Å². The molecule has 2 rings (SSSR count). The summed E-state index contributed by atoms with van der Waals surface area (Å²) in [6, 6.07) is 7.94. The Morgan fingerprint density at radius 3 is 2.65 bits per heavy atom. The summed E-state index contributed by atoms with van der Waals surface area (Å²) in [5.74, 6) is 0.640. The Hall–Kier alpha value is -1.26. The fourth-order valence-electron chi connectivity index (χ4n) is 2.33. The van der Waals surface area contributed by atoms with E-state index in [0.717, 1.165) is 18.6 Å². The molecule has 5 heteroatoms. The van der Waals surface area contributed by atoms with Gasteiger partial charge in [0.05, 0.1) is 7.11 Å². The van der Waals surface area contributed by atoms with Crippen LogP contribution in [0.3, 0.4) is 0 Å². The maximum Gasteiger partial charge on any atom is 0.323 e. The van der Waals surface area contributed by atoms with Gasteiger partial charge in [-0.1, -0.05) is 25.5 Å². The topological polar surface area (TPSA) is 47.6 Å². The Morgan fingerprint density at radius 2 is 2.05 bits per heavy atom. The van der Waals surface area contributed by atoms with Crippen LogP contribution in [0.4, 0.5) is 0 Å². The molecule has 0 aliphatic carbocycles. The molecule has 2 atom stereocenters. The van der Waals surface area contributed by atoms with Crippen molar-refractivity contribution in [2.75, 3.05) is 13.7 Å². The van der Waals surface area contributed by atoms with Gasteiger partial charge in [0.15, 0.2) is 0 Å². The monoisotopic (exact) mass is 299 g/mol. The third-order valence-electron chi connectivity index (χ3n) is 3.34. The molecule has 1 heterocycles. The molecule has 1 aromatic rings. The Balaban J connectivity index is 0.00000200. The fraction of sp³-hybridized carbons (Fsp3) is 0.533. The van der Waals surface area contributed by atoms with Crippen molar-refractivity contribution in [3.63, 3.8) is 0 Å². The number of benzene rings is 1. The Kier molecular flexibility index (Phi) is 6.82. The average Bonchev–Trinajstić information content (AvgIpc) is 2.89. The second-order valence-corrected chi connectivity index (χ2v) is 4.85. The van der Waals surface area contributed by atoms with Crippen molar-refractivity contribution in [3.05, 3.63) is 29.8 Å². The molecular weight excluding hydrogens is 278 g/mol. The lowest BCUT2D eigenvalue weighted by Crippen LogP contribution is -2.31. The summed E-state index contributed by atoms with van der Waals surface area (Å²) in [6.07, 6.45) is 2.92. The van der Waals surface area contributed by atoms with Crippen molar-refractivity contribution in [3.8, 4) is 5.75 Å². The van der Waals surface area contributed by atoms with Gasteiger partial charge in [0.1, 0.15) is 17.9 Å². The third-order valence-corrected chi connectivity index (χ3v) is 3.34. The van der Waals surface area contributed by atoms with Gasteiger partial charge in [-0.2, -0.15) is 0 Å². The summed E-state index contributed by atoms with van der Waals surface area (Å²) >= 11 is 0. The summed E-state index contributed by atoms with van der Waals surface area (Å²) in [5, 5.41) is 3.11. The summed E-state index contributed by atoms with van der Waals surface area (Å²) < 4.78 is 10.6. The number of esters is 1. The molecule has 1 aliphatic heterocycles. The number of rotatable bonds is 5. The SMILES string of the molecule is CCCc1ccc(O[C@H]2CN[C@H](C(=O)OC)C2)cc1.Cl. The number of ether oxygens (including phenoxy) is 2. The van der Waals surface area contributed by atoms with E-state index in [2.05, 4.69) is 24.4 Å². The van der Waals surface area contributed by atoms with E-state index in [-0.39, 0.29) is 30.5 Å². The normalized spacial score (nSPS) is 21.1. The van der Waals surface area contributed by atoms with Gasteiger partial charge in [0.25, 0.3) is 0 Å². The average molecular weight is 300 g/mol. The number of aryl methyl sites for hydroxylation is 1. The predicted molar refractivity (Wildman–Crippen MR) is 80.5 cm³/mol. The molecule has 0 aromatic heterocycles. The second-order valence-electron chi connectivity index (χ2n) is 4.85. The highest BCUT2D eigenvalue weighted by Gasteiger charge is 2.31. The van der Waals surface area contributed by atoms with Gasteiger partial charge < -0.3 is 14.8 Å². The van der Waals surface area contributed by atoms with Crippen molar-refractivity contribution in [1.82, 2.24) is 5.32 Å². The molecule has 0 unspecified atom stereocenters. The molecule has 0 spiro atoms. The molecule has 1 N–H and O–H groups in total. The molecule has 20 heavy (non-hydrogen) atoms. The van der Waals surface area contributed by atoms with Crippen LogP contribution < -0.4 is 10.1 Å². The van der Waals surface area contributed by atoms with E-state index in [1.165, 1.54) is 12.7 Å². The van der Waals surface area contributed by atoms with Crippen LogP contribution in [0.25, 0.3) is 0 Å². The lowest BCUT2D eigenvalue weighted by atomic mass is 10.1. The quantitative estimate of drug-likeness (QED) is 0.848. The molecule has 0 amide bonds. The Bertz CT molecular complexity index is 422. The first-order valence-electron chi connectivity index (χ1n) is 6.79. The van der Waals surface area contributed by atoms with Crippen molar-refractivity contribution < 1.29 is 14.3 Å². The minimum atomic E-state index is -0.241. The van der Waals surface area contributed by atoms with Crippen molar-refractivity contribution in [2.24, 2.45) is 0 Å². The number of methoxy groups -OCH3 is 1. The molecule has 4 nitrogen and oxygen atoms in total. The number of carbonyl (C=O) groups excluding carboxylic acids is 1. The Morgan fingerprint density at radius 1 is 1.35 bits per heavy atom. The maximum atomic E-state index is 11.4. The number of hydrogen-bond acceptors (Lipinski definition) is 4. The van der Waals surface area contributed by atoms with Crippen LogP contribution in [-0.2, 0) is 16.0 Å². The smallest absolute Gasteiger partial charge is 0.323 e. The highest BCUT2D eigenvalue weighted by Crippen LogP contribution is 2.19.